The quantitative estimate of drug-likeness (QED) is 0.371. The Morgan fingerprint density at radius 3 is 2.17 bits per heavy atom. The Balaban J connectivity index is 1.46. The number of carbonyl (C=O) groups is 1. The molecule has 0 saturated heterocycles. The lowest BCUT2D eigenvalue weighted by molar-refractivity contribution is 0.0913. The third-order valence-electron chi connectivity index (χ3n) is 4.42. The van der Waals surface area contributed by atoms with Crippen molar-refractivity contribution in [2.45, 2.75) is 30.7 Å². The van der Waals surface area contributed by atoms with Gasteiger partial charge in [-0.3, -0.25) is 4.79 Å². The maximum absolute atomic E-state index is 12.6. The Bertz CT molecular complexity index is 893. The van der Waals surface area contributed by atoms with E-state index in [1.807, 2.05) is 74.5 Å². The van der Waals surface area contributed by atoms with Gasteiger partial charge in [0.2, 0.25) is 0 Å². The molecular weight excluding hydrogens is 378 g/mol. The topological polar surface area (TPSA) is 38.3 Å². The van der Waals surface area contributed by atoms with Crippen molar-refractivity contribution in [2.24, 2.45) is 0 Å². The van der Waals surface area contributed by atoms with Crippen molar-refractivity contribution in [1.82, 2.24) is 5.32 Å². The van der Waals surface area contributed by atoms with Crippen molar-refractivity contribution in [1.29, 1.82) is 0 Å². The van der Waals surface area contributed by atoms with E-state index in [4.69, 9.17) is 4.74 Å². The van der Waals surface area contributed by atoms with E-state index in [1.54, 1.807) is 11.8 Å². The van der Waals surface area contributed by atoms with Crippen LogP contribution in [0.1, 0.15) is 29.8 Å². The van der Waals surface area contributed by atoms with Gasteiger partial charge in [-0.05, 0) is 62.2 Å². The predicted octanol–water partition coefficient (Wildman–Crippen LogP) is 5.61. The van der Waals surface area contributed by atoms with Crippen LogP contribution < -0.4 is 10.1 Å². The molecule has 3 aromatic rings. The summed E-state index contributed by atoms with van der Waals surface area (Å²) in [7, 11) is 0. The van der Waals surface area contributed by atoms with Crippen LogP contribution in [0.5, 0.6) is 5.75 Å². The van der Waals surface area contributed by atoms with Crippen LogP contribution in [0.15, 0.2) is 89.8 Å². The fourth-order valence-electron chi connectivity index (χ4n) is 3.07. The minimum atomic E-state index is -0.331. The highest BCUT2D eigenvalue weighted by Crippen LogP contribution is 2.19. The van der Waals surface area contributed by atoms with Gasteiger partial charge in [0.15, 0.2) is 0 Å². The van der Waals surface area contributed by atoms with Crippen LogP contribution in [-0.2, 0) is 6.42 Å². The van der Waals surface area contributed by atoms with E-state index in [9.17, 15) is 4.79 Å². The molecule has 0 saturated carbocycles. The summed E-state index contributed by atoms with van der Waals surface area (Å²) in [6.07, 6.45) is 0.778. The molecule has 0 heterocycles. The Labute approximate surface area is 177 Å². The third kappa shape index (κ3) is 6.99. The molecule has 0 fully saturated rings. The Kier molecular flexibility index (Phi) is 7.36. The molecule has 0 radical (unpaired) electrons. The smallest absolute Gasteiger partial charge is 0.251 e. The zero-order valence-corrected chi connectivity index (χ0v) is 17.7. The average Bonchev–Trinajstić information content (AvgIpc) is 2.72. The van der Waals surface area contributed by atoms with Gasteiger partial charge in [-0.2, -0.15) is 0 Å². The molecule has 0 aliphatic carbocycles. The second-order valence-electron chi connectivity index (χ2n) is 7.53. The van der Waals surface area contributed by atoms with Crippen LogP contribution in [0.2, 0.25) is 0 Å². The minimum absolute atomic E-state index is 0.0721. The SMILES string of the molecule is CC(C)(Cc1ccccc1)NC(=O)c1ccc(OCCSc2ccccc2)cc1. The average molecular weight is 406 g/mol. The van der Waals surface area contributed by atoms with E-state index >= 15 is 0 Å². The van der Waals surface area contributed by atoms with Gasteiger partial charge in [0.05, 0.1) is 6.61 Å². The number of rotatable bonds is 9. The van der Waals surface area contributed by atoms with E-state index in [0.717, 1.165) is 17.9 Å². The second-order valence-corrected chi connectivity index (χ2v) is 8.70. The highest BCUT2D eigenvalue weighted by atomic mass is 32.2. The number of carbonyl (C=O) groups excluding carboxylic acids is 1. The van der Waals surface area contributed by atoms with Gasteiger partial charge >= 0.3 is 0 Å². The van der Waals surface area contributed by atoms with Gasteiger partial charge in [-0.25, -0.2) is 0 Å². The number of amides is 1. The number of nitrogens with one attached hydrogen (secondary N) is 1. The molecule has 3 rings (SSSR count). The third-order valence-corrected chi connectivity index (χ3v) is 5.40. The van der Waals surface area contributed by atoms with E-state index < -0.39 is 0 Å². The van der Waals surface area contributed by atoms with Crippen LogP contribution in [0.25, 0.3) is 0 Å². The summed E-state index contributed by atoms with van der Waals surface area (Å²) in [4.78, 5) is 13.9. The number of ether oxygens (including phenoxy) is 1. The monoisotopic (exact) mass is 405 g/mol. The lowest BCUT2D eigenvalue weighted by Gasteiger charge is -2.26. The molecule has 1 amide bonds. The maximum Gasteiger partial charge on any atom is 0.251 e. The van der Waals surface area contributed by atoms with Crippen LogP contribution in [0, 0.1) is 0 Å². The molecule has 0 unspecified atom stereocenters. The van der Waals surface area contributed by atoms with E-state index in [0.29, 0.717) is 12.2 Å². The minimum Gasteiger partial charge on any atom is -0.493 e. The largest absolute Gasteiger partial charge is 0.493 e. The summed E-state index contributed by atoms with van der Waals surface area (Å²) in [5.41, 5.74) is 1.51. The van der Waals surface area contributed by atoms with Crippen LogP contribution in [0.3, 0.4) is 0 Å². The van der Waals surface area contributed by atoms with E-state index in [2.05, 4.69) is 29.6 Å². The molecule has 0 spiro atoms. The molecule has 3 aromatic carbocycles. The van der Waals surface area contributed by atoms with Gasteiger partial charge < -0.3 is 10.1 Å². The molecule has 29 heavy (non-hydrogen) atoms. The first-order valence-corrected chi connectivity index (χ1v) is 10.8. The maximum atomic E-state index is 12.6. The van der Waals surface area contributed by atoms with E-state index in [-0.39, 0.29) is 11.4 Å². The standard InChI is InChI=1S/C25H27NO2S/c1-25(2,19-20-9-5-3-6-10-20)26-24(27)21-13-15-22(16-14-21)28-17-18-29-23-11-7-4-8-12-23/h3-16H,17-19H2,1-2H3,(H,26,27). The van der Waals surface area contributed by atoms with Gasteiger partial charge in [0.1, 0.15) is 5.75 Å². The first-order chi connectivity index (χ1) is 14.0. The van der Waals surface area contributed by atoms with Crippen molar-refractivity contribution in [3.8, 4) is 5.75 Å². The molecule has 150 valence electrons. The highest BCUT2D eigenvalue weighted by molar-refractivity contribution is 7.99. The molecule has 0 aliphatic rings. The number of hydrogen-bond donors (Lipinski definition) is 1. The van der Waals surface area contributed by atoms with Crippen LogP contribution in [0.4, 0.5) is 0 Å². The van der Waals surface area contributed by atoms with Gasteiger partial charge in [0, 0.05) is 21.8 Å². The lowest BCUT2D eigenvalue weighted by atomic mass is 9.94. The molecule has 0 atom stereocenters. The Hall–Kier alpha value is -2.72. The molecular formula is C25H27NO2S. The Morgan fingerprint density at radius 2 is 1.52 bits per heavy atom. The summed E-state index contributed by atoms with van der Waals surface area (Å²) < 4.78 is 5.79. The van der Waals surface area contributed by atoms with Gasteiger partial charge in [-0.15, -0.1) is 11.8 Å². The fraction of sp³-hybridized carbons (Fsp3) is 0.240. The van der Waals surface area contributed by atoms with Crippen molar-refractivity contribution >= 4 is 17.7 Å². The number of benzene rings is 3. The van der Waals surface area contributed by atoms with Crippen molar-refractivity contribution in [3.05, 3.63) is 96.1 Å². The van der Waals surface area contributed by atoms with Crippen molar-refractivity contribution in [2.75, 3.05) is 12.4 Å². The summed E-state index contributed by atoms with van der Waals surface area (Å²) in [6, 6.07) is 27.8. The Morgan fingerprint density at radius 1 is 0.897 bits per heavy atom. The van der Waals surface area contributed by atoms with Crippen LogP contribution in [-0.4, -0.2) is 23.8 Å². The summed E-state index contributed by atoms with van der Waals surface area (Å²) in [6.45, 7) is 4.70. The van der Waals surface area contributed by atoms with Crippen molar-refractivity contribution < 1.29 is 9.53 Å². The zero-order valence-electron chi connectivity index (χ0n) is 16.9. The summed E-state index contributed by atoms with van der Waals surface area (Å²) in [5.74, 6) is 1.58. The molecule has 0 aliphatic heterocycles. The normalized spacial score (nSPS) is 11.1. The molecule has 3 nitrogen and oxygen atoms in total. The summed E-state index contributed by atoms with van der Waals surface area (Å²) in [5, 5.41) is 3.13. The number of hydrogen-bond acceptors (Lipinski definition) is 3. The zero-order chi connectivity index (χ0) is 20.5. The molecule has 0 bridgehead atoms. The first-order valence-electron chi connectivity index (χ1n) is 9.79. The van der Waals surface area contributed by atoms with Crippen molar-refractivity contribution in [3.63, 3.8) is 0 Å². The predicted molar refractivity (Wildman–Crippen MR) is 121 cm³/mol. The first kappa shape index (κ1) is 21.0. The molecule has 4 heteroatoms. The van der Waals surface area contributed by atoms with Crippen LogP contribution >= 0.6 is 11.8 Å². The lowest BCUT2D eigenvalue weighted by Crippen LogP contribution is -2.45. The summed E-state index contributed by atoms with van der Waals surface area (Å²) >= 11 is 1.77. The molecule has 1 N–H and O–H groups in total. The van der Waals surface area contributed by atoms with E-state index in [1.165, 1.54) is 10.5 Å². The van der Waals surface area contributed by atoms with Gasteiger partial charge in [0.25, 0.3) is 5.91 Å². The molecule has 0 aromatic heterocycles. The fourth-order valence-corrected chi connectivity index (χ4v) is 3.82. The second kappa shape index (κ2) is 10.2. The van der Waals surface area contributed by atoms with Gasteiger partial charge in [-0.1, -0.05) is 48.5 Å². The number of thioether (sulfide) groups is 1. The highest BCUT2D eigenvalue weighted by Gasteiger charge is 2.21.